The van der Waals surface area contributed by atoms with Crippen LogP contribution >= 0.6 is 0 Å². The number of amides is 1. The lowest BCUT2D eigenvalue weighted by atomic mass is 9.94. The van der Waals surface area contributed by atoms with E-state index in [2.05, 4.69) is 4.98 Å². The number of methoxy groups -OCH3 is 3. The van der Waals surface area contributed by atoms with Crippen LogP contribution in [-0.4, -0.2) is 54.6 Å². The number of benzene rings is 2. The Hall–Kier alpha value is -4.53. The number of rotatable bonds is 9. The third-order valence-corrected chi connectivity index (χ3v) is 6.39. The van der Waals surface area contributed by atoms with Crippen molar-refractivity contribution in [2.24, 2.45) is 0 Å². The minimum Gasteiger partial charge on any atom is -0.507 e. The van der Waals surface area contributed by atoms with Crippen molar-refractivity contribution < 1.29 is 33.6 Å². The van der Waals surface area contributed by atoms with Crippen molar-refractivity contribution in [3.63, 3.8) is 0 Å². The molecule has 38 heavy (non-hydrogen) atoms. The largest absolute Gasteiger partial charge is 0.507 e. The summed E-state index contributed by atoms with van der Waals surface area (Å²) in [6, 6.07) is 11.1. The molecule has 1 saturated heterocycles. The molecule has 2 aromatic carbocycles. The first-order valence-corrected chi connectivity index (χ1v) is 12.1. The van der Waals surface area contributed by atoms with Crippen molar-refractivity contribution in [3.05, 3.63) is 82.7 Å². The molecule has 0 aliphatic carbocycles. The van der Waals surface area contributed by atoms with E-state index >= 15 is 0 Å². The van der Waals surface area contributed by atoms with E-state index in [9.17, 15) is 14.7 Å². The maximum Gasteiger partial charge on any atom is 0.295 e. The molecule has 1 fully saturated rings. The van der Waals surface area contributed by atoms with Gasteiger partial charge in [-0.3, -0.25) is 14.6 Å². The maximum atomic E-state index is 13.5. The van der Waals surface area contributed by atoms with Crippen molar-refractivity contribution in [2.45, 2.75) is 26.4 Å². The molecule has 0 radical (unpaired) electrons. The predicted octanol–water partition coefficient (Wildman–Crippen LogP) is 4.44. The summed E-state index contributed by atoms with van der Waals surface area (Å²) < 4.78 is 22.1. The SMILES string of the molecule is CCOc1ccc(/C(O)=C2\C(=O)C(=O)N(Cc3ccncc3)C2c2cc(OC)c(OC)c(OC)c2)cc1C. The van der Waals surface area contributed by atoms with Gasteiger partial charge in [0, 0.05) is 24.5 Å². The van der Waals surface area contributed by atoms with E-state index < -0.39 is 17.7 Å². The van der Waals surface area contributed by atoms with Crippen LogP contribution in [0.15, 0.2) is 60.4 Å². The zero-order chi connectivity index (χ0) is 27.4. The maximum absolute atomic E-state index is 13.5. The van der Waals surface area contributed by atoms with E-state index in [1.54, 1.807) is 54.9 Å². The minimum atomic E-state index is -0.927. The van der Waals surface area contributed by atoms with Crippen LogP contribution in [-0.2, 0) is 16.1 Å². The number of Topliss-reactive ketones (excluding diaryl/α,β-unsaturated/α-hetero) is 1. The number of nitrogens with zero attached hydrogens (tertiary/aromatic N) is 2. The fourth-order valence-corrected chi connectivity index (χ4v) is 4.60. The number of aromatic nitrogens is 1. The second-order valence-corrected chi connectivity index (χ2v) is 8.65. The first kappa shape index (κ1) is 26.5. The zero-order valence-electron chi connectivity index (χ0n) is 22.0. The lowest BCUT2D eigenvalue weighted by Crippen LogP contribution is -2.29. The highest BCUT2D eigenvalue weighted by Crippen LogP contribution is 2.46. The Bertz CT molecular complexity index is 1360. The van der Waals surface area contributed by atoms with Gasteiger partial charge in [0.25, 0.3) is 11.7 Å². The molecule has 9 heteroatoms. The minimum absolute atomic E-state index is 0.0399. The van der Waals surface area contributed by atoms with Crippen LogP contribution in [0.1, 0.15) is 35.2 Å². The van der Waals surface area contributed by atoms with E-state index in [0.717, 1.165) is 11.1 Å². The number of hydrogen-bond acceptors (Lipinski definition) is 8. The number of likely N-dealkylation sites (tertiary alicyclic amines) is 1. The molecule has 198 valence electrons. The number of hydrogen-bond donors (Lipinski definition) is 1. The number of ketones is 1. The quantitative estimate of drug-likeness (QED) is 0.252. The molecule has 1 N–H and O–H groups in total. The van der Waals surface area contributed by atoms with E-state index in [1.807, 2.05) is 13.8 Å². The smallest absolute Gasteiger partial charge is 0.295 e. The Balaban J connectivity index is 1.93. The fraction of sp³-hybridized carbons (Fsp3) is 0.276. The third kappa shape index (κ3) is 4.87. The summed E-state index contributed by atoms with van der Waals surface area (Å²) in [4.78, 5) is 32.3. The lowest BCUT2D eigenvalue weighted by molar-refractivity contribution is -0.140. The van der Waals surface area contributed by atoms with Crippen LogP contribution in [0.25, 0.3) is 5.76 Å². The Morgan fingerprint density at radius 1 is 0.947 bits per heavy atom. The molecule has 1 aliphatic rings. The van der Waals surface area contributed by atoms with Crippen molar-refractivity contribution in [2.75, 3.05) is 27.9 Å². The molecule has 2 heterocycles. The number of ether oxygens (including phenoxy) is 4. The topological polar surface area (TPSA) is 107 Å². The molecule has 1 unspecified atom stereocenters. The molecule has 1 amide bonds. The highest BCUT2D eigenvalue weighted by atomic mass is 16.5. The van der Waals surface area contributed by atoms with Gasteiger partial charge in [0.2, 0.25) is 5.75 Å². The zero-order valence-corrected chi connectivity index (χ0v) is 22.0. The number of aliphatic hydroxyl groups is 1. The number of pyridine rings is 1. The fourth-order valence-electron chi connectivity index (χ4n) is 4.60. The standard InChI is InChI=1S/C29H30N2O7/c1-6-38-21-8-7-19(13-17(21)2)26(32)24-25(20-14-22(35-3)28(37-5)23(15-20)36-4)31(29(34)27(24)33)16-18-9-11-30-12-10-18/h7-15,25,32H,6,16H2,1-5H3/b26-24+. The van der Waals surface area contributed by atoms with Gasteiger partial charge in [0.1, 0.15) is 11.5 Å². The summed E-state index contributed by atoms with van der Waals surface area (Å²) >= 11 is 0. The van der Waals surface area contributed by atoms with Gasteiger partial charge in [-0.15, -0.1) is 0 Å². The lowest BCUT2D eigenvalue weighted by Gasteiger charge is -2.26. The van der Waals surface area contributed by atoms with Gasteiger partial charge >= 0.3 is 0 Å². The highest BCUT2D eigenvalue weighted by molar-refractivity contribution is 6.46. The van der Waals surface area contributed by atoms with Gasteiger partial charge < -0.3 is 29.0 Å². The summed E-state index contributed by atoms with van der Waals surface area (Å²) in [5.74, 6) is -0.0612. The Kier molecular flexibility index (Phi) is 7.85. The average Bonchev–Trinajstić information content (AvgIpc) is 3.18. The summed E-state index contributed by atoms with van der Waals surface area (Å²) in [7, 11) is 4.46. The number of carbonyl (C=O) groups is 2. The van der Waals surface area contributed by atoms with Gasteiger partial charge in [0.15, 0.2) is 11.5 Å². The Morgan fingerprint density at radius 2 is 1.61 bits per heavy atom. The average molecular weight is 519 g/mol. The molecular formula is C29H30N2O7. The molecule has 1 atom stereocenters. The van der Waals surface area contributed by atoms with E-state index in [1.165, 1.54) is 26.2 Å². The predicted molar refractivity (Wildman–Crippen MR) is 141 cm³/mol. The highest BCUT2D eigenvalue weighted by Gasteiger charge is 2.46. The van der Waals surface area contributed by atoms with Crippen LogP contribution in [0.5, 0.6) is 23.0 Å². The molecule has 1 aromatic heterocycles. The summed E-state index contributed by atoms with van der Waals surface area (Å²) in [6.45, 7) is 4.34. The molecule has 3 aromatic rings. The van der Waals surface area contributed by atoms with Crippen LogP contribution in [0.4, 0.5) is 0 Å². The summed E-state index contributed by atoms with van der Waals surface area (Å²) in [5, 5.41) is 11.5. The molecule has 0 saturated carbocycles. The van der Waals surface area contributed by atoms with Crippen LogP contribution in [0.2, 0.25) is 0 Å². The molecule has 0 spiro atoms. The Labute approximate surface area is 221 Å². The molecule has 0 bridgehead atoms. The van der Waals surface area contributed by atoms with Crippen molar-refractivity contribution >= 4 is 17.4 Å². The molecule has 4 rings (SSSR count). The van der Waals surface area contributed by atoms with Crippen molar-refractivity contribution in [1.82, 2.24) is 9.88 Å². The van der Waals surface area contributed by atoms with Gasteiger partial charge in [-0.25, -0.2) is 0 Å². The number of carbonyl (C=O) groups excluding carboxylic acids is 2. The summed E-state index contributed by atoms with van der Waals surface area (Å²) in [6.07, 6.45) is 3.23. The third-order valence-electron chi connectivity index (χ3n) is 6.39. The normalized spacial score (nSPS) is 16.4. The van der Waals surface area contributed by atoms with Crippen LogP contribution in [0.3, 0.4) is 0 Å². The summed E-state index contributed by atoms with van der Waals surface area (Å²) in [5.41, 5.74) is 2.42. The number of aliphatic hydroxyl groups excluding tert-OH is 1. The van der Waals surface area contributed by atoms with E-state index in [4.69, 9.17) is 18.9 Å². The second kappa shape index (κ2) is 11.2. The van der Waals surface area contributed by atoms with E-state index in [0.29, 0.717) is 40.7 Å². The molecule has 1 aliphatic heterocycles. The van der Waals surface area contributed by atoms with Gasteiger partial charge in [-0.1, -0.05) is 0 Å². The van der Waals surface area contributed by atoms with Gasteiger partial charge in [-0.05, 0) is 73.0 Å². The van der Waals surface area contributed by atoms with E-state index in [-0.39, 0.29) is 17.9 Å². The number of aryl methyl sites for hydroxylation is 1. The van der Waals surface area contributed by atoms with Crippen molar-refractivity contribution in [3.8, 4) is 23.0 Å². The molecule has 9 nitrogen and oxygen atoms in total. The second-order valence-electron chi connectivity index (χ2n) is 8.65. The first-order chi connectivity index (χ1) is 18.3. The van der Waals surface area contributed by atoms with Gasteiger partial charge in [0.05, 0.1) is 39.6 Å². The monoisotopic (exact) mass is 518 g/mol. The molecular weight excluding hydrogens is 488 g/mol. The van der Waals surface area contributed by atoms with Gasteiger partial charge in [-0.2, -0.15) is 0 Å². The first-order valence-electron chi connectivity index (χ1n) is 12.1. The van der Waals surface area contributed by atoms with Crippen LogP contribution in [0, 0.1) is 6.92 Å². The van der Waals surface area contributed by atoms with Crippen LogP contribution < -0.4 is 18.9 Å². The van der Waals surface area contributed by atoms with Crippen molar-refractivity contribution in [1.29, 1.82) is 0 Å². The Morgan fingerprint density at radius 3 is 2.16 bits per heavy atom.